The lowest BCUT2D eigenvalue weighted by molar-refractivity contribution is -0.139. The number of piperazine rings is 1. The maximum Gasteiger partial charge on any atom is 0.416 e. The Morgan fingerprint density at radius 2 is 1.90 bits per heavy atom. The Hall–Kier alpha value is -1.18. The monoisotopic (exact) mass is 306 g/mol. The Bertz CT molecular complexity index is 473. The minimum absolute atomic E-state index is 0.0987. The van der Waals surface area contributed by atoms with E-state index in [2.05, 4.69) is 5.32 Å². The van der Waals surface area contributed by atoms with Crippen LogP contribution in [0, 0.1) is 5.82 Å². The summed E-state index contributed by atoms with van der Waals surface area (Å²) in [6.45, 7) is 2.22. The third-order valence-corrected chi connectivity index (χ3v) is 3.67. The summed E-state index contributed by atoms with van der Waals surface area (Å²) in [4.78, 5) is 1.86. The minimum Gasteiger partial charge on any atom is -0.396 e. The van der Waals surface area contributed by atoms with E-state index in [9.17, 15) is 22.7 Å². The molecular weight excluding hydrogens is 288 g/mol. The Morgan fingerprint density at radius 3 is 2.48 bits per heavy atom. The standard InChI is InChI=1S/C14H18F4N2O/c15-10-1-2-12(14(16,17)18)11(9-10)13(3-8-21)20-6-4-19-5-7-20/h1-2,9,13,19,21H,3-8H2/t13-/m0/s1. The molecule has 0 bridgehead atoms. The number of benzene rings is 1. The molecule has 2 rings (SSSR count). The number of halogens is 4. The first kappa shape index (κ1) is 16.2. The van der Waals surface area contributed by atoms with Crippen LogP contribution in [0.2, 0.25) is 0 Å². The van der Waals surface area contributed by atoms with E-state index in [-0.39, 0.29) is 18.6 Å². The van der Waals surface area contributed by atoms with E-state index in [4.69, 9.17) is 0 Å². The van der Waals surface area contributed by atoms with E-state index in [0.717, 1.165) is 18.2 Å². The van der Waals surface area contributed by atoms with Crippen molar-refractivity contribution in [2.45, 2.75) is 18.6 Å². The SMILES string of the molecule is OCC[C@@H](c1cc(F)ccc1C(F)(F)F)N1CCNCC1. The molecule has 1 fully saturated rings. The first-order chi connectivity index (χ1) is 9.93. The first-order valence-corrected chi connectivity index (χ1v) is 6.85. The third-order valence-electron chi connectivity index (χ3n) is 3.67. The molecule has 21 heavy (non-hydrogen) atoms. The summed E-state index contributed by atoms with van der Waals surface area (Å²) in [5.74, 6) is -0.698. The van der Waals surface area contributed by atoms with Gasteiger partial charge in [-0.15, -0.1) is 0 Å². The molecule has 0 aromatic heterocycles. The second-order valence-corrected chi connectivity index (χ2v) is 5.04. The Labute approximate surface area is 120 Å². The highest BCUT2D eigenvalue weighted by atomic mass is 19.4. The molecule has 1 heterocycles. The zero-order valence-electron chi connectivity index (χ0n) is 11.5. The summed E-state index contributed by atoms with van der Waals surface area (Å²) in [5, 5.41) is 12.3. The van der Waals surface area contributed by atoms with Crippen LogP contribution in [0.5, 0.6) is 0 Å². The highest BCUT2D eigenvalue weighted by Gasteiger charge is 2.36. The number of hydrogen-bond donors (Lipinski definition) is 2. The first-order valence-electron chi connectivity index (χ1n) is 6.85. The van der Waals surface area contributed by atoms with Crippen LogP contribution in [0.25, 0.3) is 0 Å². The van der Waals surface area contributed by atoms with Crippen LogP contribution in [-0.2, 0) is 6.18 Å². The maximum atomic E-state index is 13.4. The molecule has 1 atom stereocenters. The molecule has 1 aromatic carbocycles. The quantitative estimate of drug-likeness (QED) is 0.837. The van der Waals surface area contributed by atoms with Gasteiger partial charge >= 0.3 is 6.18 Å². The predicted molar refractivity (Wildman–Crippen MR) is 70.3 cm³/mol. The highest BCUT2D eigenvalue weighted by Crippen LogP contribution is 2.38. The fraction of sp³-hybridized carbons (Fsp3) is 0.571. The molecule has 1 aliphatic heterocycles. The number of aliphatic hydroxyl groups excluding tert-OH is 1. The van der Waals surface area contributed by atoms with Crippen LogP contribution in [-0.4, -0.2) is 42.8 Å². The van der Waals surface area contributed by atoms with Gasteiger partial charge in [-0.2, -0.15) is 13.2 Å². The van der Waals surface area contributed by atoms with Crippen LogP contribution < -0.4 is 5.32 Å². The molecule has 0 amide bonds. The van der Waals surface area contributed by atoms with Crippen molar-refractivity contribution in [2.24, 2.45) is 0 Å². The average molecular weight is 306 g/mol. The second kappa shape index (κ2) is 6.72. The van der Waals surface area contributed by atoms with Crippen molar-refractivity contribution in [3.05, 3.63) is 35.1 Å². The van der Waals surface area contributed by atoms with Crippen molar-refractivity contribution in [3.8, 4) is 0 Å². The number of hydrogen-bond acceptors (Lipinski definition) is 3. The lowest BCUT2D eigenvalue weighted by Crippen LogP contribution is -2.45. The Kier molecular flexibility index (Phi) is 5.18. The van der Waals surface area contributed by atoms with Crippen molar-refractivity contribution in [2.75, 3.05) is 32.8 Å². The van der Waals surface area contributed by atoms with Gasteiger partial charge in [0.05, 0.1) is 5.56 Å². The summed E-state index contributed by atoms with van der Waals surface area (Å²) < 4.78 is 52.8. The second-order valence-electron chi connectivity index (χ2n) is 5.04. The molecule has 0 aliphatic carbocycles. The van der Waals surface area contributed by atoms with E-state index in [1.807, 2.05) is 4.90 Å². The van der Waals surface area contributed by atoms with Crippen molar-refractivity contribution >= 4 is 0 Å². The smallest absolute Gasteiger partial charge is 0.396 e. The molecule has 2 N–H and O–H groups in total. The third kappa shape index (κ3) is 3.93. The summed E-state index contributed by atoms with van der Waals surface area (Å²) in [7, 11) is 0. The van der Waals surface area contributed by atoms with E-state index < -0.39 is 23.6 Å². The van der Waals surface area contributed by atoms with Gasteiger partial charge in [-0.3, -0.25) is 4.90 Å². The number of nitrogens with zero attached hydrogens (tertiary/aromatic N) is 1. The Morgan fingerprint density at radius 1 is 1.24 bits per heavy atom. The van der Waals surface area contributed by atoms with Crippen LogP contribution in [0.4, 0.5) is 17.6 Å². The molecule has 118 valence electrons. The average Bonchev–Trinajstić information content (AvgIpc) is 2.44. The molecule has 1 saturated heterocycles. The molecule has 7 heteroatoms. The van der Waals surface area contributed by atoms with Gasteiger partial charge in [-0.25, -0.2) is 4.39 Å². The van der Waals surface area contributed by atoms with Crippen LogP contribution in [0.15, 0.2) is 18.2 Å². The lowest BCUT2D eigenvalue weighted by Gasteiger charge is -2.36. The number of nitrogens with one attached hydrogen (secondary N) is 1. The zero-order valence-corrected chi connectivity index (χ0v) is 11.5. The Balaban J connectivity index is 2.40. The van der Waals surface area contributed by atoms with Gasteiger partial charge in [0.25, 0.3) is 0 Å². The summed E-state index contributed by atoms with van der Waals surface area (Å²) in [6.07, 6.45) is -4.39. The van der Waals surface area contributed by atoms with E-state index in [1.54, 1.807) is 0 Å². The molecule has 0 spiro atoms. The zero-order chi connectivity index (χ0) is 15.5. The van der Waals surface area contributed by atoms with E-state index >= 15 is 0 Å². The van der Waals surface area contributed by atoms with Gasteiger partial charge in [0.1, 0.15) is 5.82 Å². The molecule has 0 saturated carbocycles. The largest absolute Gasteiger partial charge is 0.416 e. The van der Waals surface area contributed by atoms with Crippen molar-refractivity contribution in [1.82, 2.24) is 10.2 Å². The van der Waals surface area contributed by atoms with Gasteiger partial charge in [0.15, 0.2) is 0 Å². The van der Waals surface area contributed by atoms with Gasteiger partial charge in [0.2, 0.25) is 0 Å². The fourth-order valence-corrected chi connectivity index (χ4v) is 2.72. The minimum atomic E-state index is -4.54. The lowest BCUT2D eigenvalue weighted by atomic mass is 9.95. The molecule has 0 unspecified atom stereocenters. The van der Waals surface area contributed by atoms with Crippen LogP contribution in [0.3, 0.4) is 0 Å². The normalized spacial score (nSPS) is 18.7. The summed E-state index contributed by atoms with van der Waals surface area (Å²) in [6, 6.07) is 1.90. The topological polar surface area (TPSA) is 35.5 Å². The predicted octanol–water partition coefficient (Wildman–Crippen LogP) is 2.17. The highest BCUT2D eigenvalue weighted by molar-refractivity contribution is 5.33. The molecule has 3 nitrogen and oxygen atoms in total. The van der Waals surface area contributed by atoms with Crippen molar-refractivity contribution in [3.63, 3.8) is 0 Å². The van der Waals surface area contributed by atoms with Crippen molar-refractivity contribution < 1.29 is 22.7 Å². The molecule has 1 aliphatic rings. The van der Waals surface area contributed by atoms with Gasteiger partial charge in [-0.05, 0) is 30.2 Å². The van der Waals surface area contributed by atoms with Gasteiger partial charge < -0.3 is 10.4 Å². The van der Waals surface area contributed by atoms with E-state index in [0.29, 0.717) is 26.2 Å². The fourth-order valence-electron chi connectivity index (χ4n) is 2.72. The number of alkyl halides is 3. The van der Waals surface area contributed by atoms with Crippen LogP contribution >= 0.6 is 0 Å². The number of rotatable bonds is 4. The van der Waals surface area contributed by atoms with Gasteiger partial charge in [0, 0.05) is 38.8 Å². The summed E-state index contributed by atoms with van der Waals surface area (Å²) in [5.41, 5.74) is -0.931. The summed E-state index contributed by atoms with van der Waals surface area (Å²) >= 11 is 0. The van der Waals surface area contributed by atoms with E-state index in [1.165, 1.54) is 0 Å². The molecule has 1 aromatic rings. The van der Waals surface area contributed by atoms with Gasteiger partial charge in [-0.1, -0.05) is 0 Å². The number of aliphatic hydroxyl groups is 1. The maximum absolute atomic E-state index is 13.4. The van der Waals surface area contributed by atoms with Crippen molar-refractivity contribution in [1.29, 1.82) is 0 Å². The van der Waals surface area contributed by atoms with Crippen LogP contribution in [0.1, 0.15) is 23.6 Å². The molecule has 0 radical (unpaired) electrons. The molecular formula is C14H18F4N2O.